The van der Waals surface area contributed by atoms with E-state index in [1.165, 1.54) is 31.2 Å². The van der Waals surface area contributed by atoms with Crippen molar-refractivity contribution in [3.8, 4) is 0 Å². The van der Waals surface area contributed by atoms with Crippen molar-refractivity contribution in [1.29, 1.82) is 0 Å². The molecule has 0 saturated heterocycles. The Morgan fingerprint density at radius 1 is 1.04 bits per heavy atom. The van der Waals surface area contributed by atoms with Crippen molar-refractivity contribution >= 4 is 40.3 Å². The fourth-order valence-electron chi connectivity index (χ4n) is 2.96. The molecule has 1 saturated carbocycles. The van der Waals surface area contributed by atoms with Gasteiger partial charge in [-0.3, -0.25) is 10.9 Å². The topological polar surface area (TPSA) is 48.1 Å². The van der Waals surface area contributed by atoms with Gasteiger partial charge in [0.2, 0.25) is 0 Å². The summed E-state index contributed by atoms with van der Waals surface area (Å²) in [5, 5.41) is 7.64. The Kier molecular flexibility index (Phi) is 6.59. The molecule has 4 nitrogen and oxygen atoms in total. The molecular weight excluding hydrogens is 324 g/mol. The van der Waals surface area contributed by atoms with Crippen molar-refractivity contribution in [2.24, 2.45) is 5.92 Å². The quantitative estimate of drug-likeness (QED) is 0.483. The van der Waals surface area contributed by atoms with Gasteiger partial charge < -0.3 is 10.6 Å². The highest BCUT2D eigenvalue weighted by Gasteiger charge is 2.21. The lowest BCUT2D eigenvalue weighted by Gasteiger charge is -2.30. The van der Waals surface area contributed by atoms with Crippen LogP contribution in [0.4, 0.5) is 5.69 Å². The van der Waals surface area contributed by atoms with Crippen molar-refractivity contribution in [3.63, 3.8) is 0 Å². The molecule has 1 aromatic rings. The van der Waals surface area contributed by atoms with Gasteiger partial charge in [-0.1, -0.05) is 37.5 Å². The molecule has 0 heterocycles. The Morgan fingerprint density at radius 2 is 1.74 bits per heavy atom. The third-order valence-electron chi connectivity index (χ3n) is 4.35. The third-order valence-corrected chi connectivity index (χ3v) is 4.77. The summed E-state index contributed by atoms with van der Waals surface area (Å²) in [6, 6.07) is 6.65. The van der Waals surface area contributed by atoms with Gasteiger partial charge >= 0.3 is 0 Å². The van der Waals surface area contributed by atoms with Crippen LogP contribution < -0.4 is 21.5 Å². The first-order valence-electron chi connectivity index (χ1n) is 8.16. The van der Waals surface area contributed by atoms with Crippen LogP contribution in [0.2, 0.25) is 0 Å². The smallest absolute Gasteiger partial charge is 0.189 e. The summed E-state index contributed by atoms with van der Waals surface area (Å²) in [5.41, 5.74) is 9.30. The van der Waals surface area contributed by atoms with Gasteiger partial charge in [-0.15, -0.1) is 0 Å². The number of aryl methyl sites for hydroxylation is 2. The van der Waals surface area contributed by atoms with Gasteiger partial charge in [0.25, 0.3) is 0 Å². The van der Waals surface area contributed by atoms with Gasteiger partial charge in [0, 0.05) is 11.7 Å². The van der Waals surface area contributed by atoms with E-state index in [1.807, 2.05) is 6.07 Å². The van der Waals surface area contributed by atoms with Crippen molar-refractivity contribution in [1.82, 2.24) is 16.2 Å². The summed E-state index contributed by atoms with van der Waals surface area (Å²) >= 11 is 10.6. The van der Waals surface area contributed by atoms with Gasteiger partial charge in [0.1, 0.15) is 0 Å². The Morgan fingerprint density at radius 3 is 2.43 bits per heavy atom. The first-order chi connectivity index (χ1) is 11.0. The lowest BCUT2D eigenvalue weighted by Crippen LogP contribution is -2.52. The van der Waals surface area contributed by atoms with Crippen molar-refractivity contribution in [2.75, 3.05) is 5.32 Å². The van der Waals surface area contributed by atoms with Crippen molar-refractivity contribution < 1.29 is 0 Å². The van der Waals surface area contributed by atoms with Crippen LogP contribution in [0.3, 0.4) is 0 Å². The second kappa shape index (κ2) is 8.45. The predicted octanol–water partition coefficient (Wildman–Crippen LogP) is 3.55. The summed E-state index contributed by atoms with van der Waals surface area (Å²) in [4.78, 5) is 0. The standard InChI is InChI=1S/C17H26N4S2/c1-11-8-9-15(13(3)10-11)19-17(23)21-20-16(22)18-14-7-5-4-6-12(14)2/h8-10,12,14H,4-7H2,1-3H3,(H2,18,20,22)(H2,19,21,23)/t12-,14-/m0/s1. The molecule has 0 aliphatic heterocycles. The minimum absolute atomic E-state index is 0.450. The number of nitrogens with one attached hydrogen (secondary N) is 4. The molecule has 23 heavy (non-hydrogen) atoms. The molecule has 2 rings (SSSR count). The van der Waals surface area contributed by atoms with Gasteiger partial charge in [-0.05, 0) is 68.7 Å². The van der Waals surface area contributed by atoms with E-state index in [9.17, 15) is 0 Å². The zero-order chi connectivity index (χ0) is 16.8. The Balaban J connectivity index is 1.76. The molecule has 1 fully saturated rings. The molecule has 126 valence electrons. The van der Waals surface area contributed by atoms with Crippen LogP contribution in [0.1, 0.15) is 43.7 Å². The maximum absolute atomic E-state index is 5.34. The molecule has 0 amide bonds. The van der Waals surface area contributed by atoms with E-state index in [0.29, 0.717) is 22.2 Å². The Hall–Kier alpha value is -1.40. The highest BCUT2D eigenvalue weighted by atomic mass is 32.1. The van der Waals surface area contributed by atoms with E-state index in [2.05, 4.69) is 54.4 Å². The predicted molar refractivity (Wildman–Crippen MR) is 106 cm³/mol. The van der Waals surface area contributed by atoms with Crippen molar-refractivity contribution in [3.05, 3.63) is 29.3 Å². The molecule has 2 atom stereocenters. The van der Waals surface area contributed by atoms with Crippen LogP contribution in [0.25, 0.3) is 0 Å². The highest BCUT2D eigenvalue weighted by molar-refractivity contribution is 7.80. The van der Waals surface area contributed by atoms with Gasteiger partial charge in [0.05, 0.1) is 0 Å². The minimum Gasteiger partial charge on any atom is -0.358 e. The summed E-state index contributed by atoms with van der Waals surface area (Å²) in [6.45, 7) is 6.41. The fraction of sp³-hybridized carbons (Fsp3) is 0.529. The first kappa shape index (κ1) is 17.9. The number of thiocarbonyl (C=S) groups is 2. The molecule has 1 aliphatic carbocycles. The zero-order valence-corrected chi connectivity index (χ0v) is 15.7. The maximum Gasteiger partial charge on any atom is 0.189 e. The molecule has 4 N–H and O–H groups in total. The molecule has 0 bridgehead atoms. The van der Waals surface area contributed by atoms with Crippen LogP contribution in [0.15, 0.2) is 18.2 Å². The van der Waals surface area contributed by atoms with E-state index in [-0.39, 0.29) is 0 Å². The van der Waals surface area contributed by atoms with Crippen LogP contribution in [0, 0.1) is 19.8 Å². The van der Waals surface area contributed by atoms with Crippen LogP contribution in [0.5, 0.6) is 0 Å². The second-order valence-corrected chi connectivity index (χ2v) is 7.18. The number of rotatable bonds is 2. The normalized spacial score (nSPS) is 20.5. The van der Waals surface area contributed by atoms with E-state index in [0.717, 1.165) is 11.3 Å². The summed E-state index contributed by atoms with van der Waals surface area (Å²) in [7, 11) is 0. The SMILES string of the molecule is Cc1ccc(NC(=S)NNC(=S)N[C@H]2CCCC[C@@H]2C)c(C)c1. The molecule has 1 aromatic carbocycles. The van der Waals surface area contributed by atoms with E-state index < -0.39 is 0 Å². The van der Waals surface area contributed by atoms with Gasteiger partial charge in [0.15, 0.2) is 10.2 Å². The molecular formula is C17H26N4S2. The number of hydrazine groups is 1. The molecule has 6 heteroatoms. The van der Waals surface area contributed by atoms with E-state index >= 15 is 0 Å². The number of hydrogen-bond donors (Lipinski definition) is 4. The monoisotopic (exact) mass is 350 g/mol. The molecule has 1 aliphatic rings. The number of benzene rings is 1. The van der Waals surface area contributed by atoms with Crippen LogP contribution in [-0.2, 0) is 0 Å². The van der Waals surface area contributed by atoms with Gasteiger partial charge in [-0.2, -0.15) is 0 Å². The highest BCUT2D eigenvalue weighted by Crippen LogP contribution is 2.23. The fourth-order valence-corrected chi connectivity index (χ4v) is 3.32. The summed E-state index contributed by atoms with van der Waals surface area (Å²) < 4.78 is 0. The van der Waals surface area contributed by atoms with E-state index in [1.54, 1.807) is 0 Å². The average Bonchev–Trinajstić information content (AvgIpc) is 2.50. The van der Waals surface area contributed by atoms with Crippen LogP contribution in [-0.4, -0.2) is 16.3 Å². The van der Waals surface area contributed by atoms with Crippen LogP contribution >= 0.6 is 24.4 Å². The van der Waals surface area contributed by atoms with Gasteiger partial charge in [-0.25, -0.2) is 0 Å². The number of hydrogen-bond acceptors (Lipinski definition) is 2. The largest absolute Gasteiger partial charge is 0.358 e. The molecule has 0 unspecified atom stereocenters. The summed E-state index contributed by atoms with van der Waals surface area (Å²) in [6.07, 6.45) is 5.03. The average molecular weight is 351 g/mol. The molecule has 0 aromatic heterocycles. The number of anilines is 1. The zero-order valence-electron chi connectivity index (χ0n) is 14.0. The van der Waals surface area contributed by atoms with E-state index in [4.69, 9.17) is 24.4 Å². The lowest BCUT2D eigenvalue weighted by atomic mass is 9.86. The third kappa shape index (κ3) is 5.62. The molecule has 0 radical (unpaired) electrons. The first-order valence-corrected chi connectivity index (χ1v) is 8.98. The maximum atomic E-state index is 5.34. The minimum atomic E-state index is 0.450. The van der Waals surface area contributed by atoms with Crippen molar-refractivity contribution in [2.45, 2.75) is 52.5 Å². The Bertz CT molecular complexity index is 574. The summed E-state index contributed by atoms with van der Waals surface area (Å²) in [5.74, 6) is 0.656. The molecule has 0 spiro atoms. The Labute approximate surface area is 149 Å². The second-order valence-electron chi connectivity index (χ2n) is 6.36. The lowest BCUT2D eigenvalue weighted by molar-refractivity contribution is 0.308.